The summed E-state index contributed by atoms with van der Waals surface area (Å²) >= 11 is 5.73. The number of nitrogens with zero attached hydrogens (tertiary/aromatic N) is 2. The zero-order valence-electron chi connectivity index (χ0n) is 11.3. The topological polar surface area (TPSA) is 47.0 Å². The SMILES string of the molecule is CCOc1cc(C)nc(NCc2ccc(F)c(Cl)c2)n1. The molecule has 1 aromatic heterocycles. The van der Waals surface area contributed by atoms with Crippen molar-refractivity contribution < 1.29 is 9.13 Å². The number of aromatic nitrogens is 2. The fraction of sp³-hybridized carbons (Fsp3) is 0.286. The van der Waals surface area contributed by atoms with Gasteiger partial charge in [0.15, 0.2) is 0 Å². The molecule has 0 spiro atoms. The van der Waals surface area contributed by atoms with Crippen molar-refractivity contribution in [3.8, 4) is 5.88 Å². The lowest BCUT2D eigenvalue weighted by atomic mass is 10.2. The molecule has 2 rings (SSSR count). The van der Waals surface area contributed by atoms with Gasteiger partial charge in [0.2, 0.25) is 11.8 Å². The molecule has 0 unspecified atom stereocenters. The third-order valence-electron chi connectivity index (χ3n) is 2.56. The van der Waals surface area contributed by atoms with Gasteiger partial charge in [0, 0.05) is 18.3 Å². The van der Waals surface area contributed by atoms with Crippen molar-refractivity contribution in [1.82, 2.24) is 9.97 Å². The van der Waals surface area contributed by atoms with Crippen LogP contribution in [0, 0.1) is 12.7 Å². The summed E-state index contributed by atoms with van der Waals surface area (Å²) in [5, 5.41) is 3.17. The maximum atomic E-state index is 13.1. The first-order valence-electron chi connectivity index (χ1n) is 6.24. The molecule has 4 nitrogen and oxygen atoms in total. The largest absolute Gasteiger partial charge is 0.478 e. The molecule has 0 saturated heterocycles. The van der Waals surface area contributed by atoms with Gasteiger partial charge in [-0.2, -0.15) is 4.98 Å². The Kier molecular flexibility index (Phi) is 4.74. The Hall–Kier alpha value is -1.88. The van der Waals surface area contributed by atoms with Gasteiger partial charge in [0.05, 0.1) is 11.6 Å². The van der Waals surface area contributed by atoms with Crippen LogP contribution in [0.5, 0.6) is 5.88 Å². The standard InChI is InChI=1S/C14H15ClFN3O/c1-3-20-13-6-9(2)18-14(19-13)17-8-10-4-5-12(16)11(15)7-10/h4-7H,3,8H2,1-2H3,(H,17,18,19). The smallest absolute Gasteiger partial charge is 0.226 e. The molecule has 0 radical (unpaired) electrons. The van der Waals surface area contributed by atoms with Crippen LogP contribution in [0.15, 0.2) is 24.3 Å². The van der Waals surface area contributed by atoms with Gasteiger partial charge in [0.25, 0.3) is 0 Å². The average Bonchev–Trinajstić information content (AvgIpc) is 2.40. The minimum absolute atomic E-state index is 0.101. The molecular weight excluding hydrogens is 281 g/mol. The molecule has 20 heavy (non-hydrogen) atoms. The van der Waals surface area contributed by atoms with E-state index in [0.29, 0.717) is 25.0 Å². The van der Waals surface area contributed by atoms with Crippen LogP contribution in [0.2, 0.25) is 5.02 Å². The van der Waals surface area contributed by atoms with Crippen molar-refractivity contribution in [3.05, 3.63) is 46.4 Å². The highest BCUT2D eigenvalue weighted by Crippen LogP contribution is 2.17. The van der Waals surface area contributed by atoms with Crippen molar-refractivity contribution in [2.45, 2.75) is 20.4 Å². The highest BCUT2D eigenvalue weighted by molar-refractivity contribution is 6.30. The van der Waals surface area contributed by atoms with E-state index in [0.717, 1.165) is 11.3 Å². The highest BCUT2D eigenvalue weighted by Gasteiger charge is 2.04. The highest BCUT2D eigenvalue weighted by atomic mass is 35.5. The van der Waals surface area contributed by atoms with Gasteiger partial charge < -0.3 is 10.1 Å². The van der Waals surface area contributed by atoms with Crippen LogP contribution in [0.25, 0.3) is 0 Å². The van der Waals surface area contributed by atoms with Crippen LogP contribution >= 0.6 is 11.6 Å². The molecule has 0 aliphatic heterocycles. The molecule has 0 saturated carbocycles. The summed E-state index contributed by atoms with van der Waals surface area (Å²) in [6.45, 7) is 4.76. The first-order valence-corrected chi connectivity index (χ1v) is 6.62. The normalized spacial score (nSPS) is 10.4. The number of aryl methyl sites for hydroxylation is 1. The second kappa shape index (κ2) is 6.52. The fourth-order valence-electron chi connectivity index (χ4n) is 1.67. The van der Waals surface area contributed by atoms with Crippen LogP contribution in [0.4, 0.5) is 10.3 Å². The molecule has 0 bridgehead atoms. The average molecular weight is 296 g/mol. The third kappa shape index (κ3) is 3.81. The number of benzene rings is 1. The monoisotopic (exact) mass is 295 g/mol. The molecule has 0 amide bonds. The second-order valence-electron chi connectivity index (χ2n) is 4.21. The van der Waals surface area contributed by atoms with Gasteiger partial charge in [-0.05, 0) is 31.5 Å². The maximum Gasteiger partial charge on any atom is 0.226 e. The van der Waals surface area contributed by atoms with Crippen molar-refractivity contribution in [2.75, 3.05) is 11.9 Å². The Bertz CT molecular complexity index is 607. The molecule has 0 fully saturated rings. The van der Waals surface area contributed by atoms with Crippen LogP contribution in [0.3, 0.4) is 0 Å². The predicted molar refractivity (Wildman–Crippen MR) is 76.7 cm³/mol. The summed E-state index contributed by atoms with van der Waals surface area (Å²) in [4.78, 5) is 8.49. The van der Waals surface area contributed by atoms with E-state index in [4.69, 9.17) is 16.3 Å². The Morgan fingerprint density at radius 1 is 1.30 bits per heavy atom. The van der Waals surface area contributed by atoms with Crippen LogP contribution in [0.1, 0.15) is 18.2 Å². The zero-order valence-corrected chi connectivity index (χ0v) is 12.0. The van der Waals surface area contributed by atoms with E-state index in [9.17, 15) is 4.39 Å². The van der Waals surface area contributed by atoms with E-state index in [1.807, 2.05) is 13.8 Å². The summed E-state index contributed by atoms with van der Waals surface area (Å²) in [5.74, 6) is 0.564. The number of rotatable bonds is 5. The van der Waals surface area contributed by atoms with Gasteiger partial charge >= 0.3 is 0 Å². The minimum Gasteiger partial charge on any atom is -0.478 e. The number of anilines is 1. The van der Waals surface area contributed by atoms with Crippen molar-refractivity contribution in [1.29, 1.82) is 0 Å². The van der Waals surface area contributed by atoms with Gasteiger partial charge in [-0.3, -0.25) is 0 Å². The van der Waals surface area contributed by atoms with Gasteiger partial charge in [-0.15, -0.1) is 0 Å². The quantitative estimate of drug-likeness (QED) is 0.916. The lowest BCUT2D eigenvalue weighted by molar-refractivity contribution is 0.326. The van der Waals surface area contributed by atoms with Gasteiger partial charge in [0.1, 0.15) is 5.82 Å². The molecule has 0 aliphatic carbocycles. The number of hydrogen-bond acceptors (Lipinski definition) is 4. The first-order chi connectivity index (χ1) is 9.58. The molecule has 1 heterocycles. The number of halogens is 2. The Morgan fingerprint density at radius 2 is 2.10 bits per heavy atom. The van der Waals surface area contributed by atoms with Crippen molar-refractivity contribution in [2.24, 2.45) is 0 Å². The summed E-state index contributed by atoms with van der Waals surface area (Å²) < 4.78 is 18.4. The molecule has 1 N–H and O–H groups in total. The van der Waals surface area contributed by atoms with Crippen LogP contribution < -0.4 is 10.1 Å². The van der Waals surface area contributed by atoms with Crippen molar-refractivity contribution in [3.63, 3.8) is 0 Å². The molecule has 106 valence electrons. The summed E-state index contributed by atoms with van der Waals surface area (Å²) in [6, 6.07) is 6.34. The van der Waals surface area contributed by atoms with Crippen molar-refractivity contribution >= 4 is 17.5 Å². The van der Waals surface area contributed by atoms with E-state index >= 15 is 0 Å². The van der Waals surface area contributed by atoms with E-state index in [1.54, 1.807) is 18.2 Å². The number of hydrogen-bond donors (Lipinski definition) is 1. The Balaban J connectivity index is 2.08. The molecule has 2 aromatic rings. The van der Waals surface area contributed by atoms with E-state index < -0.39 is 5.82 Å². The van der Waals surface area contributed by atoms with Crippen LogP contribution in [-0.2, 0) is 6.54 Å². The van der Waals surface area contributed by atoms with E-state index in [-0.39, 0.29) is 5.02 Å². The Morgan fingerprint density at radius 3 is 2.80 bits per heavy atom. The first kappa shape index (κ1) is 14.5. The van der Waals surface area contributed by atoms with E-state index in [1.165, 1.54) is 6.07 Å². The van der Waals surface area contributed by atoms with E-state index in [2.05, 4.69) is 15.3 Å². The lowest BCUT2D eigenvalue weighted by Crippen LogP contribution is -2.06. The third-order valence-corrected chi connectivity index (χ3v) is 2.85. The maximum absolute atomic E-state index is 13.1. The summed E-state index contributed by atoms with van der Waals surface area (Å²) in [7, 11) is 0. The number of nitrogens with one attached hydrogen (secondary N) is 1. The Labute approximate surface area is 122 Å². The second-order valence-corrected chi connectivity index (χ2v) is 4.61. The minimum atomic E-state index is -0.430. The van der Waals surface area contributed by atoms with Crippen LogP contribution in [-0.4, -0.2) is 16.6 Å². The number of ether oxygens (including phenoxy) is 1. The van der Waals surface area contributed by atoms with Gasteiger partial charge in [-0.1, -0.05) is 17.7 Å². The fourth-order valence-corrected chi connectivity index (χ4v) is 1.87. The van der Waals surface area contributed by atoms with Gasteiger partial charge in [-0.25, -0.2) is 9.37 Å². The molecule has 0 atom stereocenters. The predicted octanol–water partition coefficient (Wildman–Crippen LogP) is 3.59. The molecule has 0 aliphatic rings. The molecule has 1 aromatic carbocycles. The lowest BCUT2D eigenvalue weighted by Gasteiger charge is -2.08. The molecular formula is C14H15ClFN3O. The summed E-state index contributed by atoms with van der Waals surface area (Å²) in [6.07, 6.45) is 0. The molecule has 6 heteroatoms. The summed E-state index contributed by atoms with van der Waals surface area (Å²) in [5.41, 5.74) is 1.66. The zero-order chi connectivity index (χ0) is 14.5.